The molecular weight excluding hydrogens is 292 g/mol. The molecule has 1 aromatic carbocycles. The number of methoxy groups -OCH3 is 1. The van der Waals surface area contributed by atoms with E-state index in [1.165, 1.54) is 0 Å². The molecule has 4 heteroatoms. The van der Waals surface area contributed by atoms with Crippen LogP contribution in [0.3, 0.4) is 0 Å². The Morgan fingerprint density at radius 2 is 1.91 bits per heavy atom. The second kappa shape index (κ2) is 4.88. The van der Waals surface area contributed by atoms with E-state index in [0.717, 1.165) is 47.8 Å². The number of fused-ring (bicyclic) bond motifs is 5. The Labute approximate surface area is 134 Å². The molecule has 120 valence electrons. The van der Waals surface area contributed by atoms with E-state index in [9.17, 15) is 4.79 Å². The van der Waals surface area contributed by atoms with E-state index in [4.69, 9.17) is 13.9 Å². The number of rotatable bonds is 1. The number of hydrogen-bond acceptors (Lipinski definition) is 4. The van der Waals surface area contributed by atoms with Crippen LogP contribution < -0.4 is 15.1 Å². The van der Waals surface area contributed by atoms with Crippen molar-refractivity contribution in [3.8, 4) is 11.5 Å². The molecular formula is C19H20O4. The molecule has 0 N–H and O–H groups in total. The highest BCUT2D eigenvalue weighted by Crippen LogP contribution is 2.43. The van der Waals surface area contributed by atoms with Crippen molar-refractivity contribution < 1.29 is 13.9 Å². The summed E-state index contributed by atoms with van der Waals surface area (Å²) in [7, 11) is 1.64. The molecule has 1 aromatic heterocycles. The van der Waals surface area contributed by atoms with Gasteiger partial charge >= 0.3 is 5.63 Å². The molecule has 1 aliphatic heterocycles. The average Bonchev–Trinajstić information content (AvgIpc) is 2.53. The molecule has 0 bridgehead atoms. The zero-order chi connectivity index (χ0) is 16.2. The first-order valence-corrected chi connectivity index (χ1v) is 8.08. The second-order valence-corrected chi connectivity index (χ2v) is 6.79. The molecule has 0 radical (unpaired) electrons. The maximum absolute atomic E-state index is 12.4. The molecule has 4 rings (SSSR count). The van der Waals surface area contributed by atoms with Crippen LogP contribution >= 0.6 is 0 Å². The molecule has 2 aromatic rings. The van der Waals surface area contributed by atoms with Crippen molar-refractivity contribution in [3.63, 3.8) is 0 Å². The van der Waals surface area contributed by atoms with E-state index in [0.29, 0.717) is 17.1 Å². The maximum atomic E-state index is 12.4. The molecule has 0 spiro atoms. The van der Waals surface area contributed by atoms with Crippen molar-refractivity contribution in [2.75, 3.05) is 7.11 Å². The highest BCUT2D eigenvalue weighted by molar-refractivity contribution is 5.96. The summed E-state index contributed by atoms with van der Waals surface area (Å²) in [4.78, 5) is 12.4. The third-order valence-electron chi connectivity index (χ3n) is 4.70. The van der Waals surface area contributed by atoms with Crippen LogP contribution in [0.2, 0.25) is 0 Å². The van der Waals surface area contributed by atoms with Gasteiger partial charge in [-0.2, -0.15) is 0 Å². The molecule has 2 heterocycles. The Balaban J connectivity index is 2.11. The van der Waals surface area contributed by atoms with E-state index < -0.39 is 0 Å². The lowest BCUT2D eigenvalue weighted by Crippen LogP contribution is -2.27. The minimum Gasteiger partial charge on any atom is -0.496 e. The van der Waals surface area contributed by atoms with Gasteiger partial charge in [-0.15, -0.1) is 0 Å². The van der Waals surface area contributed by atoms with E-state index in [2.05, 4.69) is 0 Å². The van der Waals surface area contributed by atoms with Gasteiger partial charge in [0.2, 0.25) is 0 Å². The summed E-state index contributed by atoms with van der Waals surface area (Å²) in [6.45, 7) is 3.98. The summed E-state index contributed by atoms with van der Waals surface area (Å²) < 4.78 is 17.3. The summed E-state index contributed by atoms with van der Waals surface area (Å²) in [6, 6.07) is 1.91. The second-order valence-electron chi connectivity index (χ2n) is 6.79. The van der Waals surface area contributed by atoms with Crippen molar-refractivity contribution in [2.45, 2.75) is 45.1 Å². The van der Waals surface area contributed by atoms with Crippen LogP contribution in [0.15, 0.2) is 21.4 Å². The fourth-order valence-corrected chi connectivity index (χ4v) is 3.58. The van der Waals surface area contributed by atoms with Gasteiger partial charge in [-0.3, -0.25) is 0 Å². The predicted octanol–water partition coefficient (Wildman–Crippen LogP) is 3.86. The summed E-state index contributed by atoms with van der Waals surface area (Å²) in [5.41, 5.74) is 2.69. The molecule has 0 saturated heterocycles. The molecule has 0 atom stereocenters. The largest absolute Gasteiger partial charge is 0.496 e. The van der Waals surface area contributed by atoms with E-state index in [1.54, 1.807) is 7.11 Å². The fourth-order valence-electron chi connectivity index (χ4n) is 3.58. The number of ether oxygens (including phenoxy) is 2. The lowest BCUT2D eigenvalue weighted by molar-refractivity contribution is 0.158. The zero-order valence-corrected chi connectivity index (χ0v) is 13.7. The minimum absolute atomic E-state index is 0.221. The SMILES string of the molecule is COc1cc2c(c3oc(=O)c4c(c13)CCCC4)C=CC(C)(C)O2. The number of benzene rings is 1. The Kier molecular flexibility index (Phi) is 3.05. The van der Waals surface area contributed by atoms with Crippen molar-refractivity contribution in [1.82, 2.24) is 0 Å². The normalized spacial score (nSPS) is 18.2. The van der Waals surface area contributed by atoms with Crippen molar-refractivity contribution in [3.05, 3.63) is 39.3 Å². The van der Waals surface area contributed by atoms with Gasteiger partial charge in [0.15, 0.2) is 5.58 Å². The quantitative estimate of drug-likeness (QED) is 0.750. The molecule has 2 aliphatic rings. The van der Waals surface area contributed by atoms with Crippen LogP contribution in [0.5, 0.6) is 11.5 Å². The van der Waals surface area contributed by atoms with Gasteiger partial charge in [0.25, 0.3) is 0 Å². The smallest absolute Gasteiger partial charge is 0.339 e. The van der Waals surface area contributed by atoms with Gasteiger partial charge in [0.1, 0.15) is 17.1 Å². The maximum Gasteiger partial charge on any atom is 0.339 e. The van der Waals surface area contributed by atoms with Gasteiger partial charge in [-0.05, 0) is 57.2 Å². The standard InChI is InChI=1S/C19H20O4/c1-19(2)9-8-13-14(23-19)10-15(21-3)16-11-6-4-5-7-12(11)18(20)22-17(13)16/h8-10H,4-7H2,1-3H3. The lowest BCUT2D eigenvalue weighted by Gasteiger charge is -2.29. The first-order valence-electron chi connectivity index (χ1n) is 8.08. The third-order valence-corrected chi connectivity index (χ3v) is 4.70. The summed E-state index contributed by atoms with van der Waals surface area (Å²) in [5, 5.41) is 0.925. The molecule has 1 aliphatic carbocycles. The summed E-state index contributed by atoms with van der Waals surface area (Å²) in [6.07, 6.45) is 7.77. The Morgan fingerprint density at radius 3 is 2.65 bits per heavy atom. The van der Waals surface area contributed by atoms with Crippen LogP contribution in [0.1, 0.15) is 43.4 Å². The average molecular weight is 312 g/mol. The third kappa shape index (κ3) is 2.16. The van der Waals surface area contributed by atoms with Gasteiger partial charge in [-0.1, -0.05) is 0 Å². The summed E-state index contributed by atoms with van der Waals surface area (Å²) >= 11 is 0. The zero-order valence-electron chi connectivity index (χ0n) is 13.7. The van der Waals surface area contributed by atoms with Crippen molar-refractivity contribution in [2.24, 2.45) is 0 Å². The fraction of sp³-hybridized carbons (Fsp3) is 0.421. The van der Waals surface area contributed by atoms with Crippen LogP contribution in [-0.4, -0.2) is 12.7 Å². The Morgan fingerprint density at radius 1 is 1.17 bits per heavy atom. The number of aryl methyl sites for hydroxylation is 1. The van der Waals surface area contributed by atoms with Crippen LogP contribution in [0.4, 0.5) is 0 Å². The van der Waals surface area contributed by atoms with Gasteiger partial charge in [0, 0.05) is 11.6 Å². The topological polar surface area (TPSA) is 48.7 Å². The predicted molar refractivity (Wildman–Crippen MR) is 89.4 cm³/mol. The van der Waals surface area contributed by atoms with Gasteiger partial charge < -0.3 is 13.9 Å². The highest BCUT2D eigenvalue weighted by Gasteiger charge is 2.28. The number of hydrogen-bond donors (Lipinski definition) is 0. The van der Waals surface area contributed by atoms with Gasteiger partial charge in [0.05, 0.1) is 18.1 Å². The lowest BCUT2D eigenvalue weighted by atomic mass is 9.89. The first kappa shape index (κ1) is 14.4. The van der Waals surface area contributed by atoms with Gasteiger partial charge in [-0.25, -0.2) is 4.79 Å². The van der Waals surface area contributed by atoms with Crippen LogP contribution in [0, 0.1) is 0 Å². The molecule has 23 heavy (non-hydrogen) atoms. The minimum atomic E-state index is -0.389. The van der Waals surface area contributed by atoms with E-state index >= 15 is 0 Å². The van der Waals surface area contributed by atoms with Crippen LogP contribution in [0.25, 0.3) is 17.0 Å². The monoisotopic (exact) mass is 312 g/mol. The first-order chi connectivity index (χ1) is 11.0. The Hall–Kier alpha value is -2.23. The molecule has 0 saturated carbocycles. The van der Waals surface area contributed by atoms with E-state index in [-0.39, 0.29) is 11.2 Å². The molecule has 0 amide bonds. The Bertz CT molecular complexity index is 887. The molecule has 0 fully saturated rings. The van der Waals surface area contributed by atoms with Crippen molar-refractivity contribution >= 4 is 17.0 Å². The molecule has 4 nitrogen and oxygen atoms in total. The highest BCUT2D eigenvalue weighted by atomic mass is 16.5. The van der Waals surface area contributed by atoms with Crippen LogP contribution in [-0.2, 0) is 12.8 Å². The summed E-state index contributed by atoms with van der Waals surface area (Å²) in [5.74, 6) is 1.41. The van der Waals surface area contributed by atoms with Crippen molar-refractivity contribution in [1.29, 1.82) is 0 Å². The van der Waals surface area contributed by atoms with E-state index in [1.807, 2.05) is 32.1 Å². The molecule has 0 unspecified atom stereocenters.